The van der Waals surface area contributed by atoms with Gasteiger partial charge >= 0.3 is 0 Å². The smallest absolute Gasteiger partial charge is 0.119 e. The van der Waals surface area contributed by atoms with Crippen LogP contribution < -0.4 is 15.4 Å². The van der Waals surface area contributed by atoms with Gasteiger partial charge < -0.3 is 15.4 Å². The van der Waals surface area contributed by atoms with Crippen molar-refractivity contribution in [1.82, 2.24) is 5.32 Å². The Balaban J connectivity index is 1.79. The van der Waals surface area contributed by atoms with E-state index in [1.807, 2.05) is 26.0 Å². The molecule has 112 valence electrons. The Morgan fingerprint density at radius 2 is 1.95 bits per heavy atom. The molecule has 1 heterocycles. The normalized spacial score (nSPS) is 20.7. The fourth-order valence-corrected chi connectivity index (χ4v) is 2.80. The summed E-state index contributed by atoms with van der Waals surface area (Å²) in [6, 6.07) is 9.43. The number of ether oxygens (including phenoxy) is 1. The van der Waals surface area contributed by atoms with Crippen LogP contribution in [0.3, 0.4) is 0 Å². The summed E-state index contributed by atoms with van der Waals surface area (Å²) in [7, 11) is 0. The van der Waals surface area contributed by atoms with E-state index >= 15 is 0 Å². The van der Waals surface area contributed by atoms with Crippen molar-refractivity contribution in [3.63, 3.8) is 0 Å². The molecule has 2 rings (SSSR count). The van der Waals surface area contributed by atoms with Crippen LogP contribution in [0.15, 0.2) is 24.3 Å². The van der Waals surface area contributed by atoms with E-state index in [0.717, 1.165) is 5.75 Å². The number of rotatable bonds is 6. The highest BCUT2D eigenvalue weighted by Gasteiger charge is 2.15. The van der Waals surface area contributed by atoms with Crippen LogP contribution in [0.25, 0.3) is 0 Å². The zero-order valence-electron chi connectivity index (χ0n) is 13.0. The molecule has 0 aliphatic carbocycles. The second-order valence-corrected chi connectivity index (χ2v) is 6.12. The fourth-order valence-electron chi connectivity index (χ4n) is 2.80. The minimum Gasteiger partial charge on any atom is -0.491 e. The summed E-state index contributed by atoms with van der Waals surface area (Å²) in [6.07, 6.45) is 5.42. The Kier molecular flexibility index (Phi) is 5.72. The van der Waals surface area contributed by atoms with Gasteiger partial charge in [0.05, 0.1) is 6.10 Å². The standard InChI is InChI=1S/C17H28N2O/c1-13(2)20-17-9-7-15(8-10-17)19-14(3)12-16-6-4-5-11-18-16/h7-10,13-14,16,18-19H,4-6,11-12H2,1-3H3. The van der Waals surface area contributed by atoms with Crippen LogP contribution in [-0.4, -0.2) is 24.7 Å². The topological polar surface area (TPSA) is 33.3 Å². The molecule has 0 aromatic heterocycles. The predicted molar refractivity (Wildman–Crippen MR) is 85.5 cm³/mol. The fraction of sp³-hybridized carbons (Fsp3) is 0.647. The quantitative estimate of drug-likeness (QED) is 0.829. The molecule has 0 bridgehead atoms. The monoisotopic (exact) mass is 276 g/mol. The van der Waals surface area contributed by atoms with Crippen molar-refractivity contribution in [3.8, 4) is 5.75 Å². The lowest BCUT2D eigenvalue weighted by atomic mass is 9.99. The highest BCUT2D eigenvalue weighted by Crippen LogP contribution is 2.19. The first-order chi connectivity index (χ1) is 9.63. The Hall–Kier alpha value is -1.22. The summed E-state index contributed by atoms with van der Waals surface area (Å²) in [5.74, 6) is 0.937. The van der Waals surface area contributed by atoms with Gasteiger partial charge in [-0.25, -0.2) is 0 Å². The van der Waals surface area contributed by atoms with Crippen LogP contribution in [0.1, 0.15) is 46.5 Å². The van der Waals surface area contributed by atoms with E-state index in [4.69, 9.17) is 4.74 Å². The molecule has 2 unspecified atom stereocenters. The molecule has 3 nitrogen and oxygen atoms in total. The first-order valence-electron chi connectivity index (χ1n) is 7.90. The van der Waals surface area contributed by atoms with Gasteiger partial charge in [-0.2, -0.15) is 0 Å². The Bertz CT molecular complexity index is 382. The number of hydrogen-bond donors (Lipinski definition) is 2. The second kappa shape index (κ2) is 7.53. The van der Waals surface area contributed by atoms with Crippen molar-refractivity contribution >= 4 is 5.69 Å². The average molecular weight is 276 g/mol. The second-order valence-electron chi connectivity index (χ2n) is 6.12. The van der Waals surface area contributed by atoms with E-state index in [1.54, 1.807) is 0 Å². The third-order valence-electron chi connectivity index (χ3n) is 3.69. The molecule has 1 saturated heterocycles. The van der Waals surface area contributed by atoms with Crippen LogP contribution in [0, 0.1) is 0 Å². The number of hydrogen-bond acceptors (Lipinski definition) is 3. The Morgan fingerprint density at radius 1 is 1.20 bits per heavy atom. The minimum atomic E-state index is 0.227. The van der Waals surface area contributed by atoms with E-state index in [1.165, 1.54) is 37.9 Å². The van der Waals surface area contributed by atoms with Gasteiger partial charge in [-0.15, -0.1) is 0 Å². The number of benzene rings is 1. The lowest BCUT2D eigenvalue weighted by molar-refractivity contribution is 0.242. The van der Waals surface area contributed by atoms with Crippen molar-refractivity contribution < 1.29 is 4.74 Å². The van der Waals surface area contributed by atoms with Crippen LogP contribution in [0.5, 0.6) is 5.75 Å². The zero-order valence-corrected chi connectivity index (χ0v) is 13.0. The molecule has 1 aliphatic heterocycles. The lowest BCUT2D eigenvalue weighted by Gasteiger charge is -2.27. The maximum atomic E-state index is 5.66. The van der Waals surface area contributed by atoms with E-state index in [0.29, 0.717) is 12.1 Å². The van der Waals surface area contributed by atoms with Gasteiger partial charge in [0.2, 0.25) is 0 Å². The number of piperidine rings is 1. The largest absolute Gasteiger partial charge is 0.491 e. The highest BCUT2D eigenvalue weighted by atomic mass is 16.5. The molecule has 0 saturated carbocycles. The van der Waals surface area contributed by atoms with Crippen molar-refractivity contribution in [1.29, 1.82) is 0 Å². The molecule has 0 amide bonds. The van der Waals surface area contributed by atoms with E-state index in [2.05, 4.69) is 29.7 Å². The maximum absolute atomic E-state index is 5.66. The Morgan fingerprint density at radius 3 is 2.55 bits per heavy atom. The molecule has 0 radical (unpaired) electrons. The third-order valence-corrected chi connectivity index (χ3v) is 3.69. The van der Waals surface area contributed by atoms with Crippen molar-refractivity contribution in [2.75, 3.05) is 11.9 Å². The summed E-state index contributed by atoms with van der Waals surface area (Å²) < 4.78 is 5.66. The van der Waals surface area contributed by atoms with E-state index in [9.17, 15) is 0 Å². The van der Waals surface area contributed by atoms with E-state index in [-0.39, 0.29) is 6.10 Å². The molecule has 2 atom stereocenters. The molecule has 1 aliphatic rings. The lowest BCUT2D eigenvalue weighted by Crippen LogP contribution is -2.37. The third kappa shape index (κ3) is 5.04. The molecular formula is C17H28N2O. The number of anilines is 1. The SMILES string of the molecule is CC(CC1CCCCN1)Nc1ccc(OC(C)C)cc1. The van der Waals surface area contributed by atoms with Crippen molar-refractivity contribution in [2.24, 2.45) is 0 Å². The average Bonchev–Trinajstić information content (AvgIpc) is 2.41. The van der Waals surface area contributed by atoms with Crippen LogP contribution in [0.2, 0.25) is 0 Å². The minimum absolute atomic E-state index is 0.227. The van der Waals surface area contributed by atoms with Crippen LogP contribution >= 0.6 is 0 Å². The molecule has 0 spiro atoms. The highest BCUT2D eigenvalue weighted by molar-refractivity contribution is 5.47. The maximum Gasteiger partial charge on any atom is 0.119 e. The summed E-state index contributed by atoms with van der Waals surface area (Å²) in [6.45, 7) is 7.53. The van der Waals surface area contributed by atoms with Gasteiger partial charge in [0.1, 0.15) is 5.75 Å². The van der Waals surface area contributed by atoms with Gasteiger partial charge in [0.15, 0.2) is 0 Å². The zero-order chi connectivity index (χ0) is 14.4. The first kappa shape index (κ1) is 15.2. The molecule has 20 heavy (non-hydrogen) atoms. The van der Waals surface area contributed by atoms with Crippen molar-refractivity contribution in [3.05, 3.63) is 24.3 Å². The van der Waals surface area contributed by atoms with E-state index < -0.39 is 0 Å². The first-order valence-corrected chi connectivity index (χ1v) is 7.90. The van der Waals surface area contributed by atoms with Gasteiger partial charge in [0, 0.05) is 17.8 Å². The molecule has 1 aromatic rings. The van der Waals surface area contributed by atoms with Crippen molar-refractivity contribution in [2.45, 2.75) is 64.6 Å². The van der Waals surface area contributed by atoms with Crippen LogP contribution in [0.4, 0.5) is 5.69 Å². The van der Waals surface area contributed by atoms with Crippen LogP contribution in [-0.2, 0) is 0 Å². The molecule has 1 fully saturated rings. The number of nitrogens with one attached hydrogen (secondary N) is 2. The summed E-state index contributed by atoms with van der Waals surface area (Å²) >= 11 is 0. The Labute approximate surface area is 123 Å². The molecular weight excluding hydrogens is 248 g/mol. The van der Waals surface area contributed by atoms with Gasteiger partial charge in [-0.05, 0) is 70.8 Å². The molecule has 1 aromatic carbocycles. The predicted octanol–water partition coefficient (Wildman–Crippen LogP) is 3.81. The summed E-state index contributed by atoms with van der Waals surface area (Å²) in [5.41, 5.74) is 1.17. The molecule has 2 N–H and O–H groups in total. The van der Waals surface area contributed by atoms with Gasteiger partial charge in [-0.3, -0.25) is 0 Å². The summed E-state index contributed by atoms with van der Waals surface area (Å²) in [4.78, 5) is 0. The molecule has 3 heteroatoms. The summed E-state index contributed by atoms with van der Waals surface area (Å²) in [5, 5.41) is 7.18. The van der Waals surface area contributed by atoms with Gasteiger partial charge in [0.25, 0.3) is 0 Å². The van der Waals surface area contributed by atoms with Gasteiger partial charge in [-0.1, -0.05) is 6.42 Å².